The molecule has 25 heavy (non-hydrogen) atoms. The number of aromatic nitrogens is 2. The van der Waals surface area contributed by atoms with Crippen molar-refractivity contribution in [3.63, 3.8) is 0 Å². The molecule has 2 heterocycles. The van der Waals surface area contributed by atoms with Crippen LogP contribution in [0.4, 0.5) is 0 Å². The minimum absolute atomic E-state index is 0.0622. The highest BCUT2D eigenvalue weighted by Crippen LogP contribution is 2.25. The van der Waals surface area contributed by atoms with Gasteiger partial charge in [0.2, 0.25) is 5.91 Å². The summed E-state index contributed by atoms with van der Waals surface area (Å²) in [5.41, 5.74) is 1.96. The molecule has 0 aliphatic heterocycles. The molecule has 1 amide bonds. The van der Waals surface area contributed by atoms with Crippen molar-refractivity contribution >= 4 is 27.5 Å². The minimum Gasteiger partial charge on any atom is -0.350 e. The van der Waals surface area contributed by atoms with E-state index in [0.717, 1.165) is 20.8 Å². The largest absolute Gasteiger partial charge is 0.350 e. The maximum absolute atomic E-state index is 12.6. The van der Waals surface area contributed by atoms with Gasteiger partial charge in [-0.25, -0.2) is 4.98 Å². The molecule has 1 aromatic carbocycles. The Hall–Kier alpha value is -2.47. The first kappa shape index (κ1) is 17.4. The predicted octanol–water partition coefficient (Wildman–Crippen LogP) is 3.34. The molecule has 1 N–H and O–H groups in total. The topological polar surface area (TPSA) is 64.0 Å². The van der Waals surface area contributed by atoms with E-state index in [-0.39, 0.29) is 23.9 Å². The lowest BCUT2D eigenvalue weighted by molar-refractivity contribution is -0.121. The summed E-state index contributed by atoms with van der Waals surface area (Å²) in [7, 11) is 0. The van der Waals surface area contributed by atoms with E-state index < -0.39 is 0 Å². The normalized spacial score (nSPS) is 12.3. The fraction of sp³-hybridized carbons (Fsp3) is 0.316. The third-order valence-electron chi connectivity index (χ3n) is 4.41. The Balaban J connectivity index is 1.68. The molecule has 3 aromatic rings. The van der Waals surface area contributed by atoms with E-state index in [1.807, 2.05) is 51.1 Å². The Bertz CT molecular complexity index is 960. The molecule has 1 unspecified atom stereocenters. The van der Waals surface area contributed by atoms with Gasteiger partial charge < -0.3 is 5.32 Å². The number of fused-ring (bicyclic) bond motifs is 1. The van der Waals surface area contributed by atoms with Crippen LogP contribution in [0.2, 0.25) is 0 Å². The van der Waals surface area contributed by atoms with Gasteiger partial charge in [0.15, 0.2) is 0 Å². The zero-order valence-electron chi connectivity index (χ0n) is 14.6. The van der Waals surface area contributed by atoms with Crippen LogP contribution in [-0.2, 0) is 11.3 Å². The van der Waals surface area contributed by atoms with Crippen LogP contribution in [0.1, 0.15) is 35.4 Å². The third kappa shape index (κ3) is 3.64. The third-order valence-corrected chi connectivity index (χ3v) is 5.53. The molecule has 2 aromatic heterocycles. The maximum Gasteiger partial charge on any atom is 0.262 e. The van der Waals surface area contributed by atoms with Crippen molar-refractivity contribution in [2.24, 2.45) is 0 Å². The molecule has 0 saturated heterocycles. The maximum atomic E-state index is 12.6. The number of rotatable bonds is 5. The molecule has 0 radical (unpaired) electrons. The molecule has 6 heteroatoms. The Kier molecular flexibility index (Phi) is 4.99. The van der Waals surface area contributed by atoms with Crippen molar-refractivity contribution in [3.8, 4) is 0 Å². The van der Waals surface area contributed by atoms with Gasteiger partial charge in [-0.1, -0.05) is 30.3 Å². The average Bonchev–Trinajstić information content (AvgIpc) is 2.90. The Morgan fingerprint density at radius 1 is 1.28 bits per heavy atom. The zero-order chi connectivity index (χ0) is 18.0. The number of carbonyl (C=O) groups excluding carboxylic acids is 1. The average molecular weight is 355 g/mol. The number of hydrogen-bond acceptors (Lipinski definition) is 4. The highest BCUT2D eigenvalue weighted by Gasteiger charge is 2.13. The molecule has 0 aliphatic rings. The lowest BCUT2D eigenvalue weighted by Crippen LogP contribution is -2.29. The van der Waals surface area contributed by atoms with E-state index in [9.17, 15) is 9.59 Å². The van der Waals surface area contributed by atoms with Gasteiger partial charge in [0.05, 0.1) is 17.8 Å². The van der Waals surface area contributed by atoms with E-state index in [2.05, 4.69) is 10.3 Å². The molecular weight excluding hydrogens is 334 g/mol. The molecule has 1 atom stereocenters. The fourth-order valence-electron chi connectivity index (χ4n) is 2.79. The SMILES string of the molecule is Cc1sc2ncn(CCC(=O)NC(C)c3ccccc3)c(=O)c2c1C. The Morgan fingerprint density at radius 2 is 2.00 bits per heavy atom. The summed E-state index contributed by atoms with van der Waals surface area (Å²) in [6.07, 6.45) is 1.78. The first-order valence-corrected chi connectivity index (χ1v) is 9.08. The van der Waals surface area contributed by atoms with Crippen LogP contribution in [0.25, 0.3) is 10.2 Å². The summed E-state index contributed by atoms with van der Waals surface area (Å²) in [5, 5.41) is 3.64. The quantitative estimate of drug-likeness (QED) is 0.763. The van der Waals surface area contributed by atoms with Gasteiger partial charge in [-0.15, -0.1) is 11.3 Å². The lowest BCUT2D eigenvalue weighted by atomic mass is 10.1. The number of nitrogens with zero attached hydrogens (tertiary/aromatic N) is 2. The van der Waals surface area contributed by atoms with Crippen molar-refractivity contribution < 1.29 is 4.79 Å². The lowest BCUT2D eigenvalue weighted by Gasteiger charge is -2.14. The summed E-state index contributed by atoms with van der Waals surface area (Å²) in [6.45, 7) is 6.20. The molecule has 130 valence electrons. The summed E-state index contributed by atoms with van der Waals surface area (Å²) in [5.74, 6) is -0.0819. The number of nitrogens with one attached hydrogen (secondary N) is 1. The summed E-state index contributed by atoms with van der Waals surface area (Å²) in [4.78, 5) is 31.0. The second kappa shape index (κ2) is 7.19. The summed E-state index contributed by atoms with van der Waals surface area (Å²) in [6, 6.07) is 9.74. The van der Waals surface area contributed by atoms with Crippen LogP contribution in [0.3, 0.4) is 0 Å². The van der Waals surface area contributed by atoms with E-state index in [1.54, 1.807) is 0 Å². The Labute approximate surface area is 150 Å². The van der Waals surface area contributed by atoms with Crippen molar-refractivity contribution in [2.45, 2.75) is 39.8 Å². The van der Waals surface area contributed by atoms with Crippen molar-refractivity contribution in [1.82, 2.24) is 14.9 Å². The minimum atomic E-state index is -0.0819. The monoisotopic (exact) mass is 355 g/mol. The molecule has 0 aliphatic carbocycles. The highest BCUT2D eigenvalue weighted by atomic mass is 32.1. The second-order valence-corrected chi connectivity index (χ2v) is 7.36. The summed E-state index contributed by atoms with van der Waals surface area (Å²) >= 11 is 1.53. The highest BCUT2D eigenvalue weighted by molar-refractivity contribution is 7.18. The van der Waals surface area contributed by atoms with Gasteiger partial charge in [0.25, 0.3) is 5.56 Å². The van der Waals surface area contributed by atoms with Gasteiger partial charge in [0, 0.05) is 17.8 Å². The van der Waals surface area contributed by atoms with Crippen molar-refractivity contribution in [3.05, 3.63) is 63.0 Å². The first-order chi connectivity index (χ1) is 12.0. The van der Waals surface area contributed by atoms with E-state index in [1.165, 1.54) is 22.2 Å². The van der Waals surface area contributed by atoms with Gasteiger partial charge >= 0.3 is 0 Å². The van der Waals surface area contributed by atoms with Gasteiger partial charge in [-0.3, -0.25) is 14.2 Å². The van der Waals surface area contributed by atoms with Crippen LogP contribution in [0, 0.1) is 13.8 Å². The molecule has 3 rings (SSSR count). The van der Waals surface area contributed by atoms with Crippen molar-refractivity contribution in [2.75, 3.05) is 0 Å². The molecule has 0 bridgehead atoms. The van der Waals surface area contributed by atoms with E-state index in [0.29, 0.717) is 11.9 Å². The molecule has 0 spiro atoms. The van der Waals surface area contributed by atoms with Gasteiger partial charge in [-0.2, -0.15) is 0 Å². The zero-order valence-corrected chi connectivity index (χ0v) is 15.4. The first-order valence-electron chi connectivity index (χ1n) is 8.27. The predicted molar refractivity (Wildman–Crippen MR) is 101 cm³/mol. The van der Waals surface area contributed by atoms with Gasteiger partial charge in [-0.05, 0) is 31.9 Å². The van der Waals surface area contributed by atoms with Crippen molar-refractivity contribution in [1.29, 1.82) is 0 Å². The number of benzene rings is 1. The van der Waals surface area contributed by atoms with Crippen LogP contribution in [0.15, 0.2) is 41.5 Å². The molecule has 0 saturated carbocycles. The number of hydrogen-bond donors (Lipinski definition) is 1. The summed E-state index contributed by atoms with van der Waals surface area (Å²) < 4.78 is 1.52. The van der Waals surface area contributed by atoms with Crippen LogP contribution >= 0.6 is 11.3 Å². The molecule has 5 nitrogen and oxygen atoms in total. The molecule has 0 fully saturated rings. The van der Waals surface area contributed by atoms with E-state index >= 15 is 0 Å². The number of amides is 1. The second-order valence-electron chi connectivity index (χ2n) is 6.16. The number of thiophene rings is 1. The van der Waals surface area contributed by atoms with Crippen LogP contribution in [0.5, 0.6) is 0 Å². The van der Waals surface area contributed by atoms with Gasteiger partial charge in [0.1, 0.15) is 4.83 Å². The number of aryl methyl sites for hydroxylation is 3. The number of carbonyl (C=O) groups is 1. The Morgan fingerprint density at radius 3 is 2.72 bits per heavy atom. The standard InChI is InChI=1S/C19H21N3O2S/c1-12-14(3)25-18-17(12)19(24)22(11-20-18)10-9-16(23)21-13(2)15-7-5-4-6-8-15/h4-8,11,13H,9-10H2,1-3H3,(H,21,23). The van der Waals surface area contributed by atoms with Crippen LogP contribution in [-0.4, -0.2) is 15.5 Å². The molecular formula is C19H21N3O2S. The smallest absolute Gasteiger partial charge is 0.262 e. The van der Waals surface area contributed by atoms with E-state index in [4.69, 9.17) is 0 Å². The fourth-order valence-corrected chi connectivity index (χ4v) is 3.78. The van der Waals surface area contributed by atoms with Crippen LogP contribution < -0.4 is 10.9 Å².